The first-order valence-corrected chi connectivity index (χ1v) is 14.3. The highest BCUT2D eigenvalue weighted by atomic mass is 32.2. The number of aromatic nitrogens is 1. The summed E-state index contributed by atoms with van der Waals surface area (Å²) in [5.41, 5.74) is 2.43. The minimum absolute atomic E-state index is 0.0588. The van der Waals surface area contributed by atoms with Crippen LogP contribution in [-0.4, -0.2) is 29.5 Å². The van der Waals surface area contributed by atoms with E-state index in [1.54, 1.807) is 11.6 Å². The predicted octanol–water partition coefficient (Wildman–Crippen LogP) is 5.35. The lowest BCUT2D eigenvalue weighted by atomic mass is 9.73. The number of carbonyl (C=O) groups is 1. The molecule has 1 amide bonds. The molecule has 1 aliphatic rings. The molecule has 1 aromatic carbocycles. The molecule has 0 radical (unpaired) electrons. The van der Waals surface area contributed by atoms with E-state index in [0.29, 0.717) is 17.8 Å². The Kier molecular flexibility index (Phi) is 8.77. The van der Waals surface area contributed by atoms with Gasteiger partial charge in [-0.05, 0) is 57.1 Å². The Hall–Kier alpha value is -2.65. The average Bonchev–Trinajstić information content (AvgIpc) is 3.25. The molecular weight excluding hydrogens is 484 g/mol. The molecule has 35 heavy (non-hydrogen) atoms. The zero-order chi connectivity index (χ0) is 25.8. The maximum Gasteiger partial charge on any atom is 0.268 e. The van der Waals surface area contributed by atoms with Crippen molar-refractivity contribution in [3.63, 3.8) is 0 Å². The van der Waals surface area contributed by atoms with Gasteiger partial charge >= 0.3 is 0 Å². The maximum atomic E-state index is 13.4. The number of carbonyl (C=O) groups excluding carboxylic acids is 1. The SMILES string of the molecule is C=C(C)C1CCC(C)=CC1c1c(O)cc(CCCCC)c(S(=O)(=O)NC(=O)Cc2nccs2)c1O. The molecule has 0 saturated heterocycles. The second-order valence-electron chi connectivity index (χ2n) is 9.26. The summed E-state index contributed by atoms with van der Waals surface area (Å²) in [6, 6.07) is 1.43. The molecule has 0 spiro atoms. The van der Waals surface area contributed by atoms with Crippen LogP contribution in [0.4, 0.5) is 0 Å². The monoisotopic (exact) mass is 518 g/mol. The van der Waals surface area contributed by atoms with E-state index in [-0.39, 0.29) is 34.1 Å². The van der Waals surface area contributed by atoms with Crippen LogP contribution in [0.2, 0.25) is 0 Å². The first-order chi connectivity index (χ1) is 16.5. The van der Waals surface area contributed by atoms with Gasteiger partial charge in [0.25, 0.3) is 10.0 Å². The van der Waals surface area contributed by atoms with E-state index in [1.165, 1.54) is 17.4 Å². The Labute approximate surface area is 211 Å². The van der Waals surface area contributed by atoms with Gasteiger partial charge in [0.15, 0.2) is 0 Å². The summed E-state index contributed by atoms with van der Waals surface area (Å²) in [5, 5.41) is 24.6. The van der Waals surface area contributed by atoms with Crippen LogP contribution >= 0.6 is 11.3 Å². The van der Waals surface area contributed by atoms with Crippen molar-refractivity contribution in [3.8, 4) is 11.5 Å². The van der Waals surface area contributed by atoms with Crippen molar-refractivity contribution in [2.45, 2.75) is 76.5 Å². The number of aromatic hydroxyl groups is 2. The molecule has 190 valence electrons. The van der Waals surface area contributed by atoms with Crippen LogP contribution < -0.4 is 4.72 Å². The number of allylic oxidation sites excluding steroid dienone is 3. The molecule has 0 aliphatic heterocycles. The van der Waals surface area contributed by atoms with E-state index in [2.05, 4.69) is 16.3 Å². The molecule has 0 fully saturated rings. The van der Waals surface area contributed by atoms with Crippen LogP contribution in [0.25, 0.3) is 0 Å². The molecule has 7 nitrogen and oxygen atoms in total. The highest BCUT2D eigenvalue weighted by molar-refractivity contribution is 7.90. The topological polar surface area (TPSA) is 117 Å². The summed E-state index contributed by atoms with van der Waals surface area (Å²) in [4.78, 5) is 16.2. The van der Waals surface area contributed by atoms with Gasteiger partial charge in [-0.3, -0.25) is 4.79 Å². The Morgan fingerprint density at radius 1 is 1.31 bits per heavy atom. The van der Waals surface area contributed by atoms with Crippen molar-refractivity contribution in [1.82, 2.24) is 9.71 Å². The summed E-state index contributed by atoms with van der Waals surface area (Å²) >= 11 is 1.26. The van der Waals surface area contributed by atoms with Crippen LogP contribution in [0.15, 0.2) is 46.3 Å². The van der Waals surface area contributed by atoms with Gasteiger partial charge in [0, 0.05) is 23.1 Å². The second kappa shape index (κ2) is 11.4. The number of thiazole rings is 1. The summed E-state index contributed by atoms with van der Waals surface area (Å²) in [6.07, 6.45) is 7.79. The number of hydrogen-bond donors (Lipinski definition) is 3. The fourth-order valence-corrected chi connectivity index (χ4v) is 6.66. The largest absolute Gasteiger partial charge is 0.507 e. The molecule has 0 bridgehead atoms. The van der Waals surface area contributed by atoms with Crippen LogP contribution in [0.5, 0.6) is 11.5 Å². The molecule has 1 heterocycles. The second-order valence-corrected chi connectivity index (χ2v) is 11.9. The number of phenols is 2. The van der Waals surface area contributed by atoms with Gasteiger partial charge in [-0.25, -0.2) is 18.1 Å². The number of amides is 1. The van der Waals surface area contributed by atoms with Crippen molar-refractivity contribution < 1.29 is 23.4 Å². The van der Waals surface area contributed by atoms with E-state index in [0.717, 1.165) is 36.8 Å². The fraction of sp³-hybridized carbons (Fsp3) is 0.462. The summed E-state index contributed by atoms with van der Waals surface area (Å²) in [6.45, 7) is 9.99. The number of benzene rings is 1. The van der Waals surface area contributed by atoms with Gasteiger partial charge in [0.2, 0.25) is 5.91 Å². The standard InChI is InChI=1S/C26H34N2O5S2/c1-5-6-7-8-18-14-21(29)24(20-13-17(4)9-10-19(20)16(2)3)25(31)26(18)35(32,33)28-22(30)15-23-27-11-12-34-23/h11-14,19-20,29,31H,2,5-10,15H2,1,3-4H3,(H,28,30). The molecule has 2 aromatic rings. The van der Waals surface area contributed by atoms with E-state index < -0.39 is 27.6 Å². The molecule has 1 aromatic heterocycles. The summed E-state index contributed by atoms with van der Waals surface area (Å²) in [5.74, 6) is -1.87. The number of aryl methyl sites for hydroxylation is 1. The van der Waals surface area contributed by atoms with Gasteiger partial charge in [-0.15, -0.1) is 11.3 Å². The van der Waals surface area contributed by atoms with Crippen LogP contribution in [-0.2, 0) is 27.7 Å². The lowest BCUT2D eigenvalue weighted by Crippen LogP contribution is -2.32. The molecule has 9 heteroatoms. The zero-order valence-corrected chi connectivity index (χ0v) is 22.1. The lowest BCUT2D eigenvalue weighted by molar-refractivity contribution is -0.118. The number of unbranched alkanes of at least 4 members (excludes halogenated alkanes) is 2. The molecule has 2 atom stereocenters. The van der Waals surface area contributed by atoms with Crippen molar-refractivity contribution in [3.05, 3.63) is 57.6 Å². The lowest BCUT2D eigenvalue weighted by Gasteiger charge is -2.32. The van der Waals surface area contributed by atoms with Crippen molar-refractivity contribution >= 4 is 27.3 Å². The molecule has 2 unspecified atom stereocenters. The molecule has 3 rings (SSSR count). The van der Waals surface area contributed by atoms with Gasteiger partial charge in [-0.1, -0.05) is 43.6 Å². The Morgan fingerprint density at radius 3 is 2.69 bits per heavy atom. The third kappa shape index (κ3) is 6.32. The summed E-state index contributed by atoms with van der Waals surface area (Å²) in [7, 11) is -4.42. The quantitative estimate of drug-likeness (QED) is 0.288. The maximum absolute atomic E-state index is 13.4. The zero-order valence-electron chi connectivity index (χ0n) is 20.5. The number of nitrogens with one attached hydrogen (secondary N) is 1. The average molecular weight is 519 g/mol. The minimum atomic E-state index is -4.42. The van der Waals surface area contributed by atoms with E-state index in [4.69, 9.17) is 0 Å². The first kappa shape index (κ1) is 26.9. The number of rotatable bonds is 10. The highest BCUT2D eigenvalue weighted by Gasteiger charge is 2.35. The molecular formula is C26H34N2O5S2. The predicted molar refractivity (Wildman–Crippen MR) is 138 cm³/mol. The van der Waals surface area contributed by atoms with Crippen LogP contribution in [0.1, 0.15) is 74.9 Å². The number of phenolic OH excluding ortho intramolecular Hbond substituents is 2. The smallest absolute Gasteiger partial charge is 0.268 e. The number of nitrogens with zero attached hydrogens (tertiary/aromatic N) is 1. The molecule has 1 aliphatic carbocycles. The Morgan fingerprint density at radius 2 is 2.06 bits per heavy atom. The number of sulfonamides is 1. The van der Waals surface area contributed by atoms with E-state index in [1.807, 2.05) is 26.8 Å². The third-order valence-electron chi connectivity index (χ3n) is 6.42. The van der Waals surface area contributed by atoms with Gasteiger partial charge < -0.3 is 10.2 Å². The van der Waals surface area contributed by atoms with Crippen LogP contribution in [0.3, 0.4) is 0 Å². The van der Waals surface area contributed by atoms with E-state index in [9.17, 15) is 23.4 Å². The van der Waals surface area contributed by atoms with Crippen molar-refractivity contribution in [1.29, 1.82) is 0 Å². The molecule has 3 N–H and O–H groups in total. The minimum Gasteiger partial charge on any atom is -0.507 e. The summed E-state index contributed by atoms with van der Waals surface area (Å²) < 4.78 is 29.0. The molecule has 0 saturated carbocycles. The van der Waals surface area contributed by atoms with Crippen LogP contribution in [0, 0.1) is 5.92 Å². The van der Waals surface area contributed by atoms with Crippen molar-refractivity contribution in [2.75, 3.05) is 0 Å². The highest BCUT2D eigenvalue weighted by Crippen LogP contribution is 2.49. The normalized spacial score (nSPS) is 18.2. The fourth-order valence-electron chi connectivity index (χ4n) is 4.70. The Balaban J connectivity index is 2.10. The van der Waals surface area contributed by atoms with Gasteiger partial charge in [-0.2, -0.15) is 0 Å². The van der Waals surface area contributed by atoms with Gasteiger partial charge in [0.1, 0.15) is 21.4 Å². The Bertz CT molecular complexity index is 1220. The van der Waals surface area contributed by atoms with E-state index >= 15 is 0 Å². The third-order valence-corrected chi connectivity index (χ3v) is 8.69. The first-order valence-electron chi connectivity index (χ1n) is 11.9. The van der Waals surface area contributed by atoms with Crippen molar-refractivity contribution in [2.24, 2.45) is 5.92 Å². The number of hydrogen-bond acceptors (Lipinski definition) is 7. The van der Waals surface area contributed by atoms with Gasteiger partial charge in [0.05, 0.1) is 6.42 Å².